The Bertz CT molecular complexity index is 1750. The molecule has 3 nitrogen and oxygen atoms in total. The summed E-state index contributed by atoms with van der Waals surface area (Å²) in [5.74, 6) is 0.581. The molecule has 3 heterocycles. The summed E-state index contributed by atoms with van der Waals surface area (Å²) in [7, 11) is 2.01. The Morgan fingerprint density at radius 1 is 1.00 bits per heavy atom. The highest BCUT2D eigenvalue weighted by atomic mass is 16.3. The number of fused-ring (bicyclic) bond motifs is 3. The van der Waals surface area contributed by atoms with Gasteiger partial charge in [-0.2, -0.15) is 0 Å². The van der Waals surface area contributed by atoms with Crippen LogP contribution in [-0.2, 0) is 18.9 Å². The van der Waals surface area contributed by atoms with Crippen LogP contribution in [0.15, 0.2) is 71.3 Å². The van der Waals surface area contributed by atoms with Crippen LogP contribution in [0.4, 0.5) is 0 Å². The van der Waals surface area contributed by atoms with E-state index in [0.717, 1.165) is 39.8 Å². The predicted octanol–water partition coefficient (Wildman–Crippen LogP) is 7.94. The van der Waals surface area contributed by atoms with Crippen molar-refractivity contribution in [2.45, 2.75) is 53.2 Å². The Kier molecular flexibility index (Phi) is 4.21. The van der Waals surface area contributed by atoms with Crippen LogP contribution >= 0.6 is 0 Å². The molecule has 0 radical (unpaired) electrons. The highest BCUT2D eigenvalue weighted by Crippen LogP contribution is 2.37. The molecule has 0 amide bonds. The second kappa shape index (κ2) is 8.64. The third-order valence-corrected chi connectivity index (χ3v) is 6.52. The first-order chi connectivity index (χ1) is 19.1. The van der Waals surface area contributed by atoms with Gasteiger partial charge >= 0.3 is 0 Å². The van der Waals surface area contributed by atoms with Gasteiger partial charge in [0.2, 0.25) is 11.4 Å². The second-order valence-electron chi connectivity index (χ2n) is 10.1. The minimum absolute atomic E-state index is 0.0445. The number of pyridine rings is 2. The van der Waals surface area contributed by atoms with Crippen LogP contribution in [0.3, 0.4) is 0 Å². The maximum atomic E-state index is 8.01. The highest BCUT2D eigenvalue weighted by Gasteiger charge is 2.23. The molecule has 0 saturated heterocycles. The van der Waals surface area contributed by atoms with E-state index in [9.17, 15) is 0 Å². The molecule has 0 N–H and O–H groups in total. The number of nitrogens with zero attached hydrogens (tertiary/aromatic N) is 2. The second-order valence-corrected chi connectivity index (χ2v) is 10.1. The first-order valence-corrected chi connectivity index (χ1v) is 12.0. The summed E-state index contributed by atoms with van der Waals surface area (Å²) in [5, 5.41) is 1.53. The van der Waals surface area contributed by atoms with Crippen LogP contribution in [0.5, 0.6) is 0 Å². The van der Waals surface area contributed by atoms with E-state index in [1.807, 2.05) is 26.1 Å². The molecule has 5 aromatic rings. The van der Waals surface area contributed by atoms with Crippen molar-refractivity contribution in [2.75, 3.05) is 0 Å². The van der Waals surface area contributed by atoms with Crippen LogP contribution in [0, 0.1) is 12.8 Å². The van der Waals surface area contributed by atoms with Crippen molar-refractivity contribution < 1.29 is 17.2 Å². The van der Waals surface area contributed by atoms with E-state index in [0.29, 0.717) is 16.9 Å². The summed E-state index contributed by atoms with van der Waals surface area (Å²) < 4.78 is 56.5. The third kappa shape index (κ3) is 4.36. The van der Waals surface area contributed by atoms with Gasteiger partial charge in [0.15, 0.2) is 11.8 Å². The molecule has 0 bridgehead atoms. The summed E-state index contributed by atoms with van der Waals surface area (Å²) in [6.07, 6.45) is 3.14. The summed E-state index contributed by atoms with van der Waals surface area (Å²) in [4.78, 5) is 4.49. The molecule has 5 rings (SSSR count). The van der Waals surface area contributed by atoms with E-state index in [4.69, 9.17) is 12.6 Å². The fourth-order valence-electron chi connectivity index (χ4n) is 4.80. The molecule has 3 heteroatoms. The molecular weight excluding hydrogens is 428 g/mol. The van der Waals surface area contributed by atoms with E-state index in [1.54, 1.807) is 6.07 Å². The zero-order valence-corrected chi connectivity index (χ0v) is 20.9. The lowest BCUT2D eigenvalue weighted by atomic mass is 9.91. The minimum Gasteiger partial charge on any atom is -0.437 e. The first-order valence-electron chi connectivity index (χ1n) is 15.0. The van der Waals surface area contributed by atoms with Gasteiger partial charge in [-0.3, -0.25) is 0 Å². The summed E-state index contributed by atoms with van der Waals surface area (Å²) >= 11 is 0. The number of aromatic nitrogens is 2. The summed E-state index contributed by atoms with van der Waals surface area (Å²) in [5.41, 5.74) is 5.08. The SMILES string of the molecule is [2H]C([2H])([2H])C(C)(c1ccc2c(n1)oc1c(-c3ccc(-c4cccc(CC(C)C)c4)c[n+]3C)c(C)ccc12)C([2H])([2H])[2H]. The smallest absolute Gasteiger partial charge is 0.227 e. The molecule has 0 saturated carbocycles. The fraction of sp³-hybridized carbons (Fsp3) is 0.312. The van der Waals surface area contributed by atoms with Gasteiger partial charge in [0.1, 0.15) is 7.05 Å². The van der Waals surface area contributed by atoms with Gasteiger partial charge in [-0.1, -0.05) is 70.9 Å². The Balaban J connectivity index is 1.64. The zero-order chi connectivity index (χ0) is 29.9. The van der Waals surface area contributed by atoms with E-state index < -0.39 is 19.1 Å². The fourth-order valence-corrected chi connectivity index (χ4v) is 4.80. The van der Waals surface area contributed by atoms with Gasteiger partial charge < -0.3 is 4.42 Å². The standard InChI is InChI=1S/C32H35N2O/c1-20(2)17-22-9-8-10-23(18-22)24-12-15-27(34(7)19-24)29-21(3)11-13-25-26-14-16-28(32(4,5)6)33-31(26)35-30(25)29/h8-16,18-20H,17H2,1-7H3/q+1/i4D3,5D3. The Morgan fingerprint density at radius 2 is 1.80 bits per heavy atom. The maximum Gasteiger partial charge on any atom is 0.227 e. The molecule has 0 atom stereocenters. The summed E-state index contributed by atoms with van der Waals surface area (Å²) in [6, 6.07) is 20.0. The van der Waals surface area contributed by atoms with Crippen LogP contribution in [0.1, 0.15) is 59.5 Å². The molecule has 0 unspecified atom stereocenters. The van der Waals surface area contributed by atoms with Crippen molar-refractivity contribution >= 4 is 22.1 Å². The molecule has 0 spiro atoms. The van der Waals surface area contributed by atoms with Crippen molar-refractivity contribution in [1.29, 1.82) is 0 Å². The molecular formula is C32H35N2O+. The van der Waals surface area contributed by atoms with E-state index >= 15 is 0 Å². The van der Waals surface area contributed by atoms with Crippen molar-refractivity contribution in [3.05, 3.63) is 83.7 Å². The van der Waals surface area contributed by atoms with Gasteiger partial charge in [0, 0.05) is 41.7 Å². The lowest BCUT2D eigenvalue weighted by Gasteiger charge is -2.16. The average molecular weight is 470 g/mol. The van der Waals surface area contributed by atoms with E-state index in [-0.39, 0.29) is 11.4 Å². The zero-order valence-electron chi connectivity index (χ0n) is 26.9. The largest absolute Gasteiger partial charge is 0.437 e. The third-order valence-electron chi connectivity index (χ3n) is 6.52. The molecule has 0 aliphatic rings. The average Bonchev–Trinajstić information content (AvgIpc) is 3.24. The van der Waals surface area contributed by atoms with E-state index in [1.165, 1.54) is 18.6 Å². The number of hydrogen-bond acceptors (Lipinski definition) is 2. The monoisotopic (exact) mass is 469 g/mol. The normalized spacial score (nSPS) is 15.5. The van der Waals surface area contributed by atoms with Gasteiger partial charge in [0.05, 0.1) is 5.56 Å². The molecule has 2 aromatic carbocycles. The van der Waals surface area contributed by atoms with Crippen LogP contribution in [0.2, 0.25) is 0 Å². The molecule has 178 valence electrons. The van der Waals surface area contributed by atoms with Gasteiger partial charge in [-0.25, -0.2) is 9.55 Å². The molecule has 0 fully saturated rings. The van der Waals surface area contributed by atoms with Gasteiger partial charge in [-0.05, 0) is 54.2 Å². The number of rotatable bonds is 4. The minimum atomic E-state index is -2.80. The highest BCUT2D eigenvalue weighted by molar-refractivity contribution is 6.08. The lowest BCUT2D eigenvalue weighted by molar-refractivity contribution is -0.659. The number of furan rings is 1. The van der Waals surface area contributed by atoms with Gasteiger partial charge in [-0.15, -0.1) is 0 Å². The Morgan fingerprint density at radius 3 is 2.54 bits per heavy atom. The Hall–Kier alpha value is -3.46. The van der Waals surface area contributed by atoms with Crippen molar-refractivity contribution in [3.63, 3.8) is 0 Å². The molecule has 3 aromatic heterocycles. The molecule has 0 aliphatic heterocycles. The number of aryl methyl sites for hydroxylation is 2. The summed E-state index contributed by atoms with van der Waals surface area (Å²) in [6.45, 7) is 2.09. The number of hydrogen-bond donors (Lipinski definition) is 0. The lowest BCUT2D eigenvalue weighted by Crippen LogP contribution is -2.31. The topological polar surface area (TPSA) is 29.9 Å². The number of benzene rings is 2. The molecule has 0 aliphatic carbocycles. The van der Waals surface area contributed by atoms with E-state index in [2.05, 4.69) is 66.0 Å². The van der Waals surface area contributed by atoms with Crippen molar-refractivity contribution in [2.24, 2.45) is 13.0 Å². The van der Waals surface area contributed by atoms with Crippen molar-refractivity contribution in [1.82, 2.24) is 4.98 Å². The quantitative estimate of drug-likeness (QED) is 0.250. The van der Waals surface area contributed by atoms with Gasteiger partial charge in [0.25, 0.3) is 0 Å². The van der Waals surface area contributed by atoms with Crippen molar-refractivity contribution in [3.8, 4) is 22.4 Å². The molecule has 35 heavy (non-hydrogen) atoms. The first kappa shape index (κ1) is 17.0. The van der Waals surface area contributed by atoms with Crippen LogP contribution < -0.4 is 4.57 Å². The predicted molar refractivity (Wildman–Crippen MR) is 146 cm³/mol. The van der Waals surface area contributed by atoms with Crippen LogP contribution in [-0.4, -0.2) is 4.98 Å². The Labute approximate surface area is 216 Å². The maximum absolute atomic E-state index is 8.01. The van der Waals surface area contributed by atoms with Crippen LogP contribution in [0.25, 0.3) is 44.5 Å².